The van der Waals surface area contributed by atoms with E-state index >= 15 is 0 Å². The van der Waals surface area contributed by atoms with Crippen LogP contribution in [0.2, 0.25) is 0 Å². The molecule has 2 aliphatic heterocycles. The summed E-state index contributed by atoms with van der Waals surface area (Å²) in [6.07, 6.45) is 3.63. The zero-order valence-corrected chi connectivity index (χ0v) is 17.9. The Kier molecular flexibility index (Phi) is 5.26. The Hall–Kier alpha value is -2.72. The molecule has 0 aromatic heterocycles. The number of likely N-dealkylation sites (tertiary alicyclic amines) is 1. The summed E-state index contributed by atoms with van der Waals surface area (Å²) in [7, 11) is 4.23. The van der Waals surface area contributed by atoms with E-state index in [0.29, 0.717) is 6.79 Å². The molecule has 0 atom stereocenters. The van der Waals surface area contributed by atoms with E-state index in [1.807, 2.05) is 0 Å². The third kappa shape index (κ3) is 3.84. The van der Waals surface area contributed by atoms with E-state index in [2.05, 4.69) is 78.5 Å². The van der Waals surface area contributed by atoms with Gasteiger partial charge in [0.1, 0.15) is 0 Å². The zero-order valence-electron chi connectivity index (χ0n) is 17.9. The summed E-state index contributed by atoms with van der Waals surface area (Å²) >= 11 is 0. The van der Waals surface area contributed by atoms with Crippen LogP contribution in [0.1, 0.15) is 24.0 Å². The van der Waals surface area contributed by atoms with Crippen LogP contribution in [0.5, 0.6) is 11.5 Å². The Balaban J connectivity index is 1.23. The lowest BCUT2D eigenvalue weighted by Gasteiger charge is -2.32. The van der Waals surface area contributed by atoms with E-state index in [4.69, 9.17) is 9.47 Å². The lowest BCUT2D eigenvalue weighted by molar-refractivity contribution is 0.173. The van der Waals surface area contributed by atoms with Crippen molar-refractivity contribution < 1.29 is 9.47 Å². The third-order valence-corrected chi connectivity index (χ3v) is 6.54. The number of hydrogen-bond donors (Lipinski definition) is 0. The van der Waals surface area contributed by atoms with Crippen molar-refractivity contribution in [1.82, 2.24) is 4.90 Å². The van der Waals surface area contributed by atoms with E-state index in [0.717, 1.165) is 30.4 Å². The van der Waals surface area contributed by atoms with Crippen molar-refractivity contribution in [2.75, 3.05) is 38.9 Å². The second-order valence-corrected chi connectivity index (χ2v) is 8.80. The van der Waals surface area contributed by atoms with Crippen LogP contribution >= 0.6 is 0 Å². The Morgan fingerprint density at radius 3 is 2.47 bits per heavy atom. The Bertz CT molecular complexity index is 1040. The average molecular weight is 403 g/mol. The molecule has 2 heterocycles. The van der Waals surface area contributed by atoms with Crippen LogP contribution in [0.15, 0.2) is 54.6 Å². The van der Waals surface area contributed by atoms with Gasteiger partial charge in [-0.1, -0.05) is 36.4 Å². The van der Waals surface area contributed by atoms with Gasteiger partial charge in [-0.25, -0.2) is 0 Å². The number of nitrogens with zero attached hydrogens (tertiary/aromatic N) is 2. The van der Waals surface area contributed by atoms with Crippen LogP contribution < -0.4 is 14.4 Å². The van der Waals surface area contributed by atoms with Crippen molar-refractivity contribution in [2.45, 2.75) is 25.8 Å². The first-order chi connectivity index (χ1) is 14.7. The molecule has 3 aromatic carbocycles. The smallest absolute Gasteiger partial charge is 0.231 e. The fourth-order valence-electron chi connectivity index (χ4n) is 4.86. The molecule has 1 fully saturated rings. The van der Waals surface area contributed by atoms with Gasteiger partial charge in [-0.3, -0.25) is 4.90 Å². The lowest BCUT2D eigenvalue weighted by Crippen LogP contribution is -2.33. The van der Waals surface area contributed by atoms with Gasteiger partial charge >= 0.3 is 0 Å². The predicted molar refractivity (Wildman–Crippen MR) is 123 cm³/mol. The van der Waals surface area contributed by atoms with Crippen LogP contribution in [0.3, 0.4) is 0 Å². The maximum atomic E-state index is 5.54. The van der Waals surface area contributed by atoms with Gasteiger partial charge in [-0.2, -0.15) is 0 Å². The van der Waals surface area contributed by atoms with Gasteiger partial charge in [-0.15, -0.1) is 0 Å². The van der Waals surface area contributed by atoms with Gasteiger partial charge in [0.15, 0.2) is 11.5 Å². The SMILES string of the molecule is CN(C)c1ccc(CN2CCC(Cc3ccc4c(c3)OCO4)CC2)c2ccccc12. The predicted octanol–water partition coefficient (Wildman–Crippen LogP) is 5.09. The Morgan fingerprint density at radius 1 is 0.900 bits per heavy atom. The maximum Gasteiger partial charge on any atom is 0.231 e. The molecule has 0 saturated carbocycles. The van der Waals surface area contributed by atoms with Crippen molar-refractivity contribution in [3.8, 4) is 11.5 Å². The highest BCUT2D eigenvalue weighted by Gasteiger charge is 2.21. The first-order valence-electron chi connectivity index (χ1n) is 11.0. The van der Waals surface area contributed by atoms with Crippen LogP contribution in [0.25, 0.3) is 10.8 Å². The summed E-state index contributed by atoms with van der Waals surface area (Å²) in [5, 5.41) is 2.73. The molecule has 0 N–H and O–H groups in total. The molecule has 156 valence electrons. The molecule has 0 aliphatic carbocycles. The van der Waals surface area contributed by atoms with E-state index in [1.165, 1.54) is 53.5 Å². The standard InChI is InChI=1S/C26H30N2O2/c1-27(2)24-9-8-21(22-5-3-4-6-23(22)24)17-28-13-11-19(12-14-28)15-20-7-10-25-26(16-20)30-18-29-25/h3-10,16,19H,11-15,17-18H2,1-2H3. The summed E-state index contributed by atoms with van der Waals surface area (Å²) in [4.78, 5) is 4.82. The molecule has 4 nitrogen and oxygen atoms in total. The van der Waals surface area contributed by atoms with Crippen LogP contribution in [0, 0.1) is 5.92 Å². The van der Waals surface area contributed by atoms with Gasteiger partial charge in [0, 0.05) is 31.7 Å². The molecule has 0 spiro atoms. The molecular formula is C26H30N2O2. The average Bonchev–Trinajstić information content (AvgIpc) is 3.23. The highest BCUT2D eigenvalue weighted by atomic mass is 16.7. The number of anilines is 1. The molecule has 1 saturated heterocycles. The molecule has 0 radical (unpaired) electrons. The first kappa shape index (κ1) is 19.3. The molecule has 0 amide bonds. The van der Waals surface area contributed by atoms with Crippen molar-refractivity contribution in [2.24, 2.45) is 5.92 Å². The third-order valence-electron chi connectivity index (χ3n) is 6.54. The zero-order chi connectivity index (χ0) is 20.5. The van der Waals surface area contributed by atoms with Crippen molar-refractivity contribution >= 4 is 16.5 Å². The lowest BCUT2D eigenvalue weighted by atomic mass is 9.89. The summed E-state index contributed by atoms with van der Waals surface area (Å²) in [6.45, 7) is 3.71. The minimum absolute atomic E-state index is 0.349. The highest BCUT2D eigenvalue weighted by molar-refractivity contribution is 5.96. The Labute approximate surface area is 179 Å². The van der Waals surface area contributed by atoms with Gasteiger partial charge in [-0.05, 0) is 73.0 Å². The second kappa shape index (κ2) is 8.19. The van der Waals surface area contributed by atoms with Crippen LogP contribution in [0.4, 0.5) is 5.69 Å². The first-order valence-corrected chi connectivity index (χ1v) is 11.0. The molecule has 2 aliphatic rings. The maximum absolute atomic E-state index is 5.54. The van der Waals surface area contributed by atoms with Crippen molar-refractivity contribution in [3.05, 3.63) is 65.7 Å². The van der Waals surface area contributed by atoms with E-state index in [9.17, 15) is 0 Å². The second-order valence-electron chi connectivity index (χ2n) is 8.80. The summed E-state index contributed by atoms with van der Waals surface area (Å²) in [5.41, 5.74) is 4.09. The fraction of sp³-hybridized carbons (Fsp3) is 0.385. The van der Waals surface area contributed by atoms with E-state index in [1.54, 1.807) is 0 Å². The fourth-order valence-corrected chi connectivity index (χ4v) is 4.86. The van der Waals surface area contributed by atoms with Gasteiger partial charge in [0.25, 0.3) is 0 Å². The van der Waals surface area contributed by atoms with Crippen molar-refractivity contribution in [3.63, 3.8) is 0 Å². The molecule has 4 heteroatoms. The summed E-state index contributed by atoms with van der Waals surface area (Å²) in [6, 6.07) is 19.8. The molecular weight excluding hydrogens is 372 g/mol. The number of fused-ring (bicyclic) bond motifs is 2. The van der Waals surface area contributed by atoms with Gasteiger partial charge in [0.05, 0.1) is 0 Å². The quantitative estimate of drug-likeness (QED) is 0.594. The monoisotopic (exact) mass is 402 g/mol. The largest absolute Gasteiger partial charge is 0.454 e. The minimum atomic E-state index is 0.349. The number of ether oxygens (including phenoxy) is 2. The van der Waals surface area contributed by atoms with Crippen LogP contribution in [-0.2, 0) is 13.0 Å². The molecule has 3 aromatic rings. The van der Waals surface area contributed by atoms with Crippen LogP contribution in [-0.4, -0.2) is 38.9 Å². The molecule has 30 heavy (non-hydrogen) atoms. The highest BCUT2D eigenvalue weighted by Crippen LogP contribution is 2.34. The minimum Gasteiger partial charge on any atom is -0.454 e. The number of benzene rings is 3. The van der Waals surface area contributed by atoms with Gasteiger partial charge in [0.2, 0.25) is 6.79 Å². The topological polar surface area (TPSA) is 24.9 Å². The molecule has 0 unspecified atom stereocenters. The summed E-state index contributed by atoms with van der Waals surface area (Å²) in [5.74, 6) is 2.52. The summed E-state index contributed by atoms with van der Waals surface area (Å²) < 4.78 is 11.0. The Morgan fingerprint density at radius 2 is 1.67 bits per heavy atom. The molecule has 0 bridgehead atoms. The van der Waals surface area contributed by atoms with E-state index < -0.39 is 0 Å². The normalized spacial score (nSPS) is 16.9. The number of hydrogen-bond acceptors (Lipinski definition) is 4. The number of piperidine rings is 1. The number of rotatable bonds is 5. The van der Waals surface area contributed by atoms with E-state index in [-0.39, 0.29) is 0 Å². The molecule has 5 rings (SSSR count). The van der Waals surface area contributed by atoms with Crippen molar-refractivity contribution in [1.29, 1.82) is 0 Å². The van der Waals surface area contributed by atoms with Gasteiger partial charge < -0.3 is 14.4 Å².